The van der Waals surface area contributed by atoms with Crippen molar-refractivity contribution in [2.75, 3.05) is 14.1 Å². The molecule has 0 aliphatic heterocycles. The SMILES string of the molecule is CN(C)C(=O)n1c(C2CC3CCC2C3)cc2ccccc21. The Labute approximate surface area is 125 Å². The van der Waals surface area contributed by atoms with Gasteiger partial charge in [0.2, 0.25) is 0 Å². The molecule has 2 bridgehead atoms. The van der Waals surface area contributed by atoms with Gasteiger partial charge in [-0.15, -0.1) is 0 Å². The maximum atomic E-state index is 12.7. The second-order valence-corrected chi connectivity index (χ2v) is 6.92. The molecule has 3 atom stereocenters. The van der Waals surface area contributed by atoms with Crippen molar-refractivity contribution in [1.82, 2.24) is 9.47 Å². The Morgan fingerprint density at radius 3 is 2.67 bits per heavy atom. The molecule has 21 heavy (non-hydrogen) atoms. The van der Waals surface area contributed by atoms with Gasteiger partial charge in [-0.1, -0.05) is 24.6 Å². The van der Waals surface area contributed by atoms with Crippen LogP contribution in [0.15, 0.2) is 30.3 Å². The highest BCUT2D eigenvalue weighted by Gasteiger charge is 2.42. The van der Waals surface area contributed by atoms with Crippen LogP contribution in [0.5, 0.6) is 0 Å². The average Bonchev–Trinajstić information content (AvgIpc) is 3.18. The number of rotatable bonds is 1. The monoisotopic (exact) mass is 282 g/mol. The molecule has 0 N–H and O–H groups in total. The molecule has 4 rings (SSSR count). The van der Waals surface area contributed by atoms with E-state index < -0.39 is 0 Å². The van der Waals surface area contributed by atoms with Crippen LogP contribution in [-0.4, -0.2) is 29.6 Å². The number of benzene rings is 1. The Hall–Kier alpha value is -1.77. The number of amides is 1. The Morgan fingerprint density at radius 1 is 1.19 bits per heavy atom. The van der Waals surface area contributed by atoms with Crippen LogP contribution < -0.4 is 0 Å². The van der Waals surface area contributed by atoms with Gasteiger partial charge in [0, 0.05) is 31.1 Å². The highest BCUT2D eigenvalue weighted by atomic mass is 16.2. The largest absolute Gasteiger partial charge is 0.330 e. The van der Waals surface area contributed by atoms with E-state index in [0.29, 0.717) is 5.92 Å². The normalized spacial score (nSPS) is 27.4. The van der Waals surface area contributed by atoms with Crippen LogP contribution in [0.3, 0.4) is 0 Å². The first-order valence-electron chi connectivity index (χ1n) is 7.97. The molecule has 2 aliphatic rings. The maximum absolute atomic E-state index is 12.7. The summed E-state index contributed by atoms with van der Waals surface area (Å²) in [7, 11) is 3.67. The van der Waals surface area contributed by atoms with Gasteiger partial charge in [0.15, 0.2) is 0 Å². The fourth-order valence-corrected chi connectivity index (χ4v) is 4.47. The highest BCUT2D eigenvalue weighted by molar-refractivity contribution is 5.93. The van der Waals surface area contributed by atoms with E-state index >= 15 is 0 Å². The number of fused-ring (bicyclic) bond motifs is 3. The van der Waals surface area contributed by atoms with Crippen molar-refractivity contribution >= 4 is 16.9 Å². The molecule has 110 valence electrons. The summed E-state index contributed by atoms with van der Waals surface area (Å²) in [6.45, 7) is 0. The zero-order chi connectivity index (χ0) is 14.6. The standard InChI is InChI=1S/C18H22N2O/c1-19(2)18(21)20-16-6-4-3-5-14(16)11-17(20)15-10-12-7-8-13(15)9-12/h3-6,11-13,15H,7-10H2,1-2H3. The summed E-state index contributed by atoms with van der Waals surface area (Å²) in [6.07, 6.45) is 5.36. The second-order valence-electron chi connectivity index (χ2n) is 6.92. The van der Waals surface area contributed by atoms with Gasteiger partial charge in [-0.3, -0.25) is 4.57 Å². The molecule has 1 heterocycles. The zero-order valence-electron chi connectivity index (χ0n) is 12.7. The van der Waals surface area contributed by atoms with Crippen LogP contribution >= 0.6 is 0 Å². The van der Waals surface area contributed by atoms with E-state index in [1.54, 1.807) is 4.90 Å². The van der Waals surface area contributed by atoms with Gasteiger partial charge >= 0.3 is 6.03 Å². The minimum Gasteiger partial charge on any atom is -0.330 e. The summed E-state index contributed by atoms with van der Waals surface area (Å²) in [5.41, 5.74) is 2.29. The molecular formula is C18H22N2O. The molecule has 1 aromatic carbocycles. The van der Waals surface area contributed by atoms with Crippen LogP contribution in [-0.2, 0) is 0 Å². The topological polar surface area (TPSA) is 25.2 Å². The van der Waals surface area contributed by atoms with Gasteiger partial charge in [-0.2, -0.15) is 0 Å². The molecule has 2 saturated carbocycles. The number of carbonyl (C=O) groups is 1. The molecule has 0 spiro atoms. The molecule has 2 aliphatic carbocycles. The summed E-state index contributed by atoms with van der Waals surface area (Å²) >= 11 is 0. The minimum atomic E-state index is 0.0778. The number of aromatic nitrogens is 1. The average molecular weight is 282 g/mol. The fourth-order valence-electron chi connectivity index (χ4n) is 4.47. The molecular weight excluding hydrogens is 260 g/mol. The van der Waals surface area contributed by atoms with Crippen molar-refractivity contribution in [3.63, 3.8) is 0 Å². The summed E-state index contributed by atoms with van der Waals surface area (Å²) in [4.78, 5) is 14.4. The van der Waals surface area contributed by atoms with Crippen LogP contribution in [0.4, 0.5) is 4.79 Å². The van der Waals surface area contributed by atoms with E-state index in [4.69, 9.17) is 0 Å². The van der Waals surface area contributed by atoms with Gasteiger partial charge < -0.3 is 4.90 Å². The van der Waals surface area contributed by atoms with Gasteiger partial charge in [0.05, 0.1) is 5.52 Å². The lowest BCUT2D eigenvalue weighted by molar-refractivity contribution is 0.218. The van der Waals surface area contributed by atoms with Crippen molar-refractivity contribution in [2.24, 2.45) is 11.8 Å². The molecule has 3 unspecified atom stereocenters. The second kappa shape index (κ2) is 4.62. The number of para-hydroxylation sites is 1. The van der Waals surface area contributed by atoms with Crippen LogP contribution in [0.25, 0.3) is 10.9 Å². The lowest BCUT2D eigenvalue weighted by Gasteiger charge is -2.24. The van der Waals surface area contributed by atoms with E-state index in [9.17, 15) is 4.79 Å². The van der Waals surface area contributed by atoms with Crippen molar-refractivity contribution in [2.45, 2.75) is 31.6 Å². The van der Waals surface area contributed by atoms with E-state index in [-0.39, 0.29) is 6.03 Å². The van der Waals surface area contributed by atoms with E-state index in [0.717, 1.165) is 17.4 Å². The quantitative estimate of drug-likeness (QED) is 0.774. The summed E-state index contributed by atoms with van der Waals surface area (Å²) < 4.78 is 1.96. The third kappa shape index (κ3) is 1.90. The minimum absolute atomic E-state index is 0.0778. The van der Waals surface area contributed by atoms with Crippen LogP contribution in [0, 0.1) is 11.8 Å². The summed E-state index contributed by atoms with van der Waals surface area (Å²) in [5.74, 6) is 2.24. The molecule has 3 heteroatoms. The molecule has 1 aromatic heterocycles. The van der Waals surface area contributed by atoms with Crippen molar-refractivity contribution < 1.29 is 4.79 Å². The molecule has 0 saturated heterocycles. The first-order chi connectivity index (χ1) is 10.1. The predicted octanol–water partition coefficient (Wildman–Crippen LogP) is 4.07. The summed E-state index contributed by atoms with van der Waals surface area (Å²) in [5, 5.41) is 1.19. The lowest BCUT2D eigenvalue weighted by atomic mass is 9.86. The van der Waals surface area contributed by atoms with Crippen LogP contribution in [0.2, 0.25) is 0 Å². The van der Waals surface area contributed by atoms with Crippen molar-refractivity contribution in [1.29, 1.82) is 0 Å². The summed E-state index contributed by atoms with van der Waals surface area (Å²) in [6, 6.07) is 10.6. The van der Waals surface area contributed by atoms with Gasteiger partial charge in [0.1, 0.15) is 0 Å². The number of nitrogens with zero attached hydrogens (tertiary/aromatic N) is 2. The van der Waals surface area contributed by atoms with Crippen LogP contribution in [0.1, 0.15) is 37.3 Å². The number of carbonyl (C=O) groups excluding carboxylic acids is 1. The third-order valence-electron chi connectivity index (χ3n) is 5.43. The molecule has 3 nitrogen and oxygen atoms in total. The third-order valence-corrected chi connectivity index (χ3v) is 5.43. The Kier molecular flexibility index (Phi) is 2.84. The highest BCUT2D eigenvalue weighted by Crippen LogP contribution is 2.53. The van der Waals surface area contributed by atoms with E-state index in [2.05, 4.69) is 24.3 Å². The predicted molar refractivity (Wildman–Crippen MR) is 84.6 cm³/mol. The van der Waals surface area contributed by atoms with E-state index in [1.165, 1.54) is 36.8 Å². The Bertz CT molecular complexity index is 700. The number of hydrogen-bond donors (Lipinski definition) is 0. The lowest BCUT2D eigenvalue weighted by Crippen LogP contribution is -2.29. The van der Waals surface area contributed by atoms with Crippen molar-refractivity contribution in [3.05, 3.63) is 36.0 Å². The fraction of sp³-hybridized carbons (Fsp3) is 0.500. The smallest absolute Gasteiger partial charge is 0.328 e. The number of hydrogen-bond acceptors (Lipinski definition) is 1. The molecule has 0 radical (unpaired) electrons. The van der Waals surface area contributed by atoms with Gasteiger partial charge in [-0.25, -0.2) is 4.79 Å². The maximum Gasteiger partial charge on any atom is 0.328 e. The Balaban J connectivity index is 1.87. The van der Waals surface area contributed by atoms with Gasteiger partial charge in [-0.05, 0) is 43.2 Å². The molecule has 2 fully saturated rings. The first kappa shape index (κ1) is 12.9. The Morgan fingerprint density at radius 2 is 2.00 bits per heavy atom. The molecule has 1 amide bonds. The zero-order valence-corrected chi connectivity index (χ0v) is 12.7. The van der Waals surface area contributed by atoms with Gasteiger partial charge in [0.25, 0.3) is 0 Å². The molecule has 2 aromatic rings. The first-order valence-corrected chi connectivity index (χ1v) is 7.97. The van der Waals surface area contributed by atoms with E-state index in [1.807, 2.05) is 24.7 Å². The van der Waals surface area contributed by atoms with Crippen molar-refractivity contribution in [3.8, 4) is 0 Å².